The molecule has 1 amide bonds. The van der Waals surface area contributed by atoms with Gasteiger partial charge in [-0.25, -0.2) is 0 Å². The molecule has 0 bridgehead atoms. The Bertz CT molecular complexity index is 491. The number of nitrogens with zero attached hydrogens (tertiary/aromatic N) is 2. The Morgan fingerprint density at radius 2 is 1.91 bits per heavy atom. The first kappa shape index (κ1) is 16.3. The minimum atomic E-state index is 0.316. The minimum absolute atomic E-state index is 0.316. The van der Waals surface area contributed by atoms with Crippen molar-refractivity contribution in [1.82, 2.24) is 10.2 Å². The van der Waals surface area contributed by atoms with Crippen molar-refractivity contribution in [3.05, 3.63) is 30.3 Å². The van der Waals surface area contributed by atoms with E-state index in [1.54, 1.807) is 0 Å². The van der Waals surface area contributed by atoms with Crippen molar-refractivity contribution in [3.63, 3.8) is 0 Å². The van der Waals surface area contributed by atoms with Gasteiger partial charge in [-0.1, -0.05) is 18.2 Å². The average Bonchev–Trinajstić information content (AvgIpc) is 3.15. The molecule has 1 N–H and O–H groups in total. The fraction of sp³-hybridized carbons (Fsp3) is 0.632. The number of carbonyl (C=O) groups is 1. The molecule has 23 heavy (non-hydrogen) atoms. The molecule has 2 heterocycles. The van der Waals surface area contributed by atoms with Crippen LogP contribution in [0.25, 0.3) is 0 Å². The van der Waals surface area contributed by atoms with Crippen molar-refractivity contribution in [2.45, 2.75) is 25.7 Å². The number of amides is 1. The molecule has 4 nitrogen and oxygen atoms in total. The number of carbonyl (C=O) groups excluding carboxylic acids is 1. The predicted octanol–water partition coefficient (Wildman–Crippen LogP) is 2.36. The summed E-state index contributed by atoms with van der Waals surface area (Å²) in [7, 11) is 2.06. The van der Waals surface area contributed by atoms with Crippen molar-refractivity contribution in [1.29, 1.82) is 0 Å². The van der Waals surface area contributed by atoms with Gasteiger partial charge >= 0.3 is 0 Å². The SMILES string of the molecule is CN(CCC(=O)N1CCC(C2CCNC2)CC1)c1ccccc1. The van der Waals surface area contributed by atoms with Gasteiger partial charge < -0.3 is 15.1 Å². The number of piperidine rings is 1. The van der Waals surface area contributed by atoms with Gasteiger partial charge in [0.1, 0.15) is 0 Å². The van der Waals surface area contributed by atoms with Crippen LogP contribution < -0.4 is 10.2 Å². The maximum absolute atomic E-state index is 12.4. The van der Waals surface area contributed by atoms with Crippen molar-refractivity contribution in [2.24, 2.45) is 11.8 Å². The topological polar surface area (TPSA) is 35.6 Å². The van der Waals surface area contributed by atoms with Gasteiger partial charge in [-0.15, -0.1) is 0 Å². The van der Waals surface area contributed by atoms with Gasteiger partial charge in [-0.3, -0.25) is 4.79 Å². The van der Waals surface area contributed by atoms with Crippen molar-refractivity contribution in [2.75, 3.05) is 44.7 Å². The second-order valence-electron chi connectivity index (χ2n) is 6.98. The van der Waals surface area contributed by atoms with E-state index < -0.39 is 0 Å². The Balaban J connectivity index is 1.41. The molecule has 0 saturated carbocycles. The summed E-state index contributed by atoms with van der Waals surface area (Å²) in [4.78, 5) is 16.7. The molecule has 3 rings (SSSR count). The summed E-state index contributed by atoms with van der Waals surface area (Å²) in [5.41, 5.74) is 1.17. The summed E-state index contributed by atoms with van der Waals surface area (Å²) >= 11 is 0. The standard InChI is InChI=1S/C19H29N3O/c1-21(18-5-3-2-4-6-18)12-10-19(23)22-13-8-16(9-14-22)17-7-11-20-15-17/h2-6,16-17,20H,7-15H2,1H3. The molecular weight excluding hydrogens is 286 g/mol. The third-order valence-corrected chi connectivity index (χ3v) is 5.52. The van der Waals surface area contributed by atoms with E-state index in [-0.39, 0.29) is 0 Å². The van der Waals surface area contributed by atoms with Crippen LogP contribution >= 0.6 is 0 Å². The van der Waals surface area contributed by atoms with Crippen LogP contribution in [0.3, 0.4) is 0 Å². The fourth-order valence-corrected chi connectivity index (χ4v) is 3.93. The lowest BCUT2D eigenvalue weighted by Gasteiger charge is -2.35. The molecule has 2 saturated heterocycles. The van der Waals surface area contributed by atoms with Gasteiger partial charge in [0.05, 0.1) is 0 Å². The first-order valence-corrected chi connectivity index (χ1v) is 8.98. The zero-order chi connectivity index (χ0) is 16.1. The predicted molar refractivity (Wildman–Crippen MR) is 94.6 cm³/mol. The van der Waals surface area contributed by atoms with E-state index in [1.807, 2.05) is 18.2 Å². The number of rotatable bonds is 5. The molecule has 2 aliphatic rings. The molecule has 1 atom stereocenters. The summed E-state index contributed by atoms with van der Waals surface area (Å²) in [6.45, 7) is 5.05. The highest BCUT2D eigenvalue weighted by molar-refractivity contribution is 5.76. The molecule has 126 valence electrons. The van der Waals surface area contributed by atoms with Gasteiger partial charge in [0.25, 0.3) is 0 Å². The molecule has 0 aliphatic carbocycles. The van der Waals surface area contributed by atoms with Crippen molar-refractivity contribution in [3.8, 4) is 0 Å². The second kappa shape index (κ2) is 7.82. The number of likely N-dealkylation sites (tertiary alicyclic amines) is 1. The van der Waals surface area contributed by atoms with Gasteiger partial charge in [0, 0.05) is 38.8 Å². The number of nitrogens with one attached hydrogen (secondary N) is 1. The Hall–Kier alpha value is -1.55. The average molecular weight is 315 g/mol. The van der Waals surface area contributed by atoms with Gasteiger partial charge in [-0.05, 0) is 56.3 Å². The van der Waals surface area contributed by atoms with Crippen LogP contribution in [-0.4, -0.2) is 50.6 Å². The molecule has 2 fully saturated rings. The van der Waals surface area contributed by atoms with E-state index in [4.69, 9.17) is 0 Å². The number of hydrogen-bond donors (Lipinski definition) is 1. The largest absolute Gasteiger partial charge is 0.374 e. The van der Waals surface area contributed by atoms with Crippen LogP contribution in [0.2, 0.25) is 0 Å². The molecular formula is C19H29N3O. The zero-order valence-electron chi connectivity index (χ0n) is 14.2. The van der Waals surface area contributed by atoms with Crippen molar-refractivity contribution >= 4 is 11.6 Å². The summed E-state index contributed by atoms with van der Waals surface area (Å²) in [6, 6.07) is 10.3. The van der Waals surface area contributed by atoms with E-state index in [2.05, 4.69) is 34.3 Å². The van der Waals surface area contributed by atoms with Crippen LogP contribution in [0, 0.1) is 11.8 Å². The zero-order valence-corrected chi connectivity index (χ0v) is 14.2. The molecule has 2 aliphatic heterocycles. The third-order valence-electron chi connectivity index (χ3n) is 5.52. The van der Waals surface area contributed by atoms with Crippen LogP contribution in [0.15, 0.2) is 30.3 Å². The first-order chi connectivity index (χ1) is 11.2. The van der Waals surface area contributed by atoms with E-state index in [9.17, 15) is 4.79 Å². The minimum Gasteiger partial charge on any atom is -0.374 e. The van der Waals surface area contributed by atoms with Crippen LogP contribution in [0.4, 0.5) is 5.69 Å². The highest BCUT2D eigenvalue weighted by Crippen LogP contribution is 2.29. The van der Waals surface area contributed by atoms with E-state index in [0.29, 0.717) is 12.3 Å². The smallest absolute Gasteiger partial charge is 0.224 e. The molecule has 0 spiro atoms. The first-order valence-electron chi connectivity index (χ1n) is 8.98. The lowest BCUT2D eigenvalue weighted by molar-refractivity contribution is -0.132. The molecule has 4 heteroatoms. The third kappa shape index (κ3) is 4.25. The molecule has 0 aromatic heterocycles. The number of benzene rings is 1. The highest BCUT2D eigenvalue weighted by atomic mass is 16.2. The maximum Gasteiger partial charge on any atom is 0.224 e. The lowest BCUT2D eigenvalue weighted by atomic mass is 9.84. The number of anilines is 1. The van der Waals surface area contributed by atoms with Crippen molar-refractivity contribution < 1.29 is 4.79 Å². The molecule has 1 unspecified atom stereocenters. The Labute approximate surface area is 139 Å². The van der Waals surface area contributed by atoms with Gasteiger partial charge in [-0.2, -0.15) is 0 Å². The summed E-state index contributed by atoms with van der Waals surface area (Å²) < 4.78 is 0. The highest BCUT2D eigenvalue weighted by Gasteiger charge is 2.29. The Kier molecular flexibility index (Phi) is 5.55. The number of para-hydroxylation sites is 1. The second-order valence-corrected chi connectivity index (χ2v) is 6.98. The van der Waals surface area contributed by atoms with E-state index >= 15 is 0 Å². The van der Waals surface area contributed by atoms with Gasteiger partial charge in [0.2, 0.25) is 5.91 Å². The molecule has 1 aromatic carbocycles. The molecule has 0 radical (unpaired) electrons. The Morgan fingerprint density at radius 3 is 2.57 bits per heavy atom. The fourth-order valence-electron chi connectivity index (χ4n) is 3.93. The van der Waals surface area contributed by atoms with Crippen LogP contribution in [-0.2, 0) is 4.79 Å². The maximum atomic E-state index is 12.4. The summed E-state index contributed by atoms with van der Waals surface area (Å²) in [5, 5.41) is 3.47. The monoisotopic (exact) mass is 315 g/mol. The number of hydrogen-bond acceptors (Lipinski definition) is 3. The Morgan fingerprint density at radius 1 is 1.17 bits per heavy atom. The van der Waals surface area contributed by atoms with Gasteiger partial charge in [0.15, 0.2) is 0 Å². The summed E-state index contributed by atoms with van der Waals surface area (Å²) in [5.74, 6) is 1.98. The summed E-state index contributed by atoms with van der Waals surface area (Å²) in [6.07, 6.45) is 4.31. The lowest BCUT2D eigenvalue weighted by Crippen LogP contribution is -2.41. The van der Waals surface area contributed by atoms with E-state index in [1.165, 1.54) is 38.0 Å². The van der Waals surface area contributed by atoms with Crippen LogP contribution in [0.5, 0.6) is 0 Å². The quantitative estimate of drug-likeness (QED) is 0.906. The van der Waals surface area contributed by atoms with E-state index in [0.717, 1.165) is 31.5 Å². The normalized spacial score (nSPS) is 22.3. The molecule has 1 aromatic rings. The van der Waals surface area contributed by atoms with Crippen LogP contribution in [0.1, 0.15) is 25.7 Å².